The van der Waals surface area contributed by atoms with E-state index in [0.717, 1.165) is 36.6 Å². The smallest absolute Gasteiger partial charge is 0.119 e. The molecular formula is C14H18ClNO2. The molecule has 0 spiro atoms. The topological polar surface area (TPSA) is 34.4 Å². The fourth-order valence-electron chi connectivity index (χ4n) is 1.66. The predicted octanol–water partition coefficient (Wildman–Crippen LogP) is 3.75. The van der Waals surface area contributed by atoms with E-state index >= 15 is 0 Å². The molecule has 1 heterocycles. The first-order valence-electron chi connectivity index (χ1n) is 5.79. The Kier molecular flexibility index (Phi) is 6.15. The number of ether oxygens (including phenoxy) is 1. The van der Waals surface area contributed by atoms with Gasteiger partial charge < -0.3 is 14.5 Å². The first kappa shape index (κ1) is 14.5. The van der Waals surface area contributed by atoms with Crippen molar-refractivity contribution >= 4 is 18.1 Å². The number of benzene rings is 1. The van der Waals surface area contributed by atoms with Gasteiger partial charge in [0.2, 0.25) is 0 Å². The van der Waals surface area contributed by atoms with Gasteiger partial charge in [-0.1, -0.05) is 0 Å². The normalized spacial score (nSPS) is 9.61. The Morgan fingerprint density at radius 3 is 2.56 bits per heavy atom. The molecule has 1 aromatic carbocycles. The van der Waals surface area contributed by atoms with Crippen LogP contribution < -0.4 is 10.1 Å². The van der Waals surface area contributed by atoms with Crippen LogP contribution in [0.15, 0.2) is 47.1 Å². The van der Waals surface area contributed by atoms with Crippen molar-refractivity contribution < 1.29 is 9.15 Å². The minimum atomic E-state index is 0. The molecule has 0 aliphatic carbocycles. The molecular weight excluding hydrogens is 250 g/mol. The van der Waals surface area contributed by atoms with Crippen molar-refractivity contribution in [2.75, 3.05) is 19.0 Å². The number of anilines is 1. The molecule has 0 radical (unpaired) electrons. The van der Waals surface area contributed by atoms with E-state index in [2.05, 4.69) is 5.32 Å². The van der Waals surface area contributed by atoms with Crippen LogP contribution >= 0.6 is 12.4 Å². The first-order valence-corrected chi connectivity index (χ1v) is 5.79. The van der Waals surface area contributed by atoms with Crippen LogP contribution in [0.3, 0.4) is 0 Å². The van der Waals surface area contributed by atoms with Gasteiger partial charge in [-0.15, -0.1) is 12.4 Å². The van der Waals surface area contributed by atoms with E-state index < -0.39 is 0 Å². The molecule has 1 N–H and O–H groups in total. The number of halogens is 1. The molecule has 0 unspecified atom stereocenters. The number of rotatable bonds is 6. The SMILES string of the molecule is COc1ccc(NCCCc2ccco2)cc1.Cl. The highest BCUT2D eigenvalue weighted by Crippen LogP contribution is 2.15. The van der Waals surface area contributed by atoms with Gasteiger partial charge in [-0.2, -0.15) is 0 Å². The molecule has 0 saturated heterocycles. The largest absolute Gasteiger partial charge is 0.497 e. The minimum Gasteiger partial charge on any atom is -0.497 e. The number of hydrogen-bond acceptors (Lipinski definition) is 3. The zero-order chi connectivity index (χ0) is 11.9. The quantitative estimate of drug-likeness (QED) is 0.810. The number of methoxy groups -OCH3 is 1. The van der Waals surface area contributed by atoms with Gasteiger partial charge in [-0.25, -0.2) is 0 Å². The van der Waals surface area contributed by atoms with Gasteiger partial charge in [0.25, 0.3) is 0 Å². The number of nitrogens with one attached hydrogen (secondary N) is 1. The summed E-state index contributed by atoms with van der Waals surface area (Å²) < 4.78 is 10.4. The minimum absolute atomic E-state index is 0. The van der Waals surface area contributed by atoms with Crippen molar-refractivity contribution in [3.05, 3.63) is 48.4 Å². The van der Waals surface area contributed by atoms with Crippen molar-refractivity contribution in [3.8, 4) is 5.75 Å². The van der Waals surface area contributed by atoms with Gasteiger partial charge in [0.05, 0.1) is 13.4 Å². The standard InChI is InChI=1S/C14H17NO2.ClH/c1-16-13-8-6-12(7-9-13)15-10-2-4-14-5-3-11-17-14;/h3,5-9,11,15H,2,4,10H2,1H3;1H. The van der Waals surface area contributed by atoms with Crippen LogP contribution in [0.2, 0.25) is 0 Å². The summed E-state index contributed by atoms with van der Waals surface area (Å²) in [5.41, 5.74) is 1.12. The lowest BCUT2D eigenvalue weighted by Crippen LogP contribution is -2.02. The number of aryl methyl sites for hydroxylation is 1. The van der Waals surface area contributed by atoms with E-state index in [-0.39, 0.29) is 12.4 Å². The monoisotopic (exact) mass is 267 g/mol. The summed E-state index contributed by atoms with van der Waals surface area (Å²) in [7, 11) is 1.67. The molecule has 0 bridgehead atoms. The second-order valence-corrected chi connectivity index (χ2v) is 3.84. The first-order chi connectivity index (χ1) is 8.38. The van der Waals surface area contributed by atoms with Gasteiger partial charge in [-0.05, 0) is 42.8 Å². The molecule has 0 saturated carbocycles. The van der Waals surface area contributed by atoms with Crippen LogP contribution in [0.25, 0.3) is 0 Å². The van der Waals surface area contributed by atoms with E-state index in [1.54, 1.807) is 13.4 Å². The van der Waals surface area contributed by atoms with Crippen molar-refractivity contribution in [3.63, 3.8) is 0 Å². The lowest BCUT2D eigenvalue weighted by molar-refractivity contribution is 0.415. The molecule has 98 valence electrons. The maximum absolute atomic E-state index is 5.27. The Balaban J connectivity index is 0.00000162. The second-order valence-electron chi connectivity index (χ2n) is 3.84. The van der Waals surface area contributed by atoms with Crippen LogP contribution in [-0.4, -0.2) is 13.7 Å². The molecule has 0 atom stereocenters. The summed E-state index contributed by atoms with van der Waals surface area (Å²) in [5, 5.41) is 3.36. The van der Waals surface area contributed by atoms with Gasteiger partial charge >= 0.3 is 0 Å². The molecule has 18 heavy (non-hydrogen) atoms. The maximum atomic E-state index is 5.27. The lowest BCUT2D eigenvalue weighted by Gasteiger charge is -2.06. The van der Waals surface area contributed by atoms with Crippen LogP contribution in [0, 0.1) is 0 Å². The van der Waals surface area contributed by atoms with Crippen molar-refractivity contribution in [2.24, 2.45) is 0 Å². The van der Waals surface area contributed by atoms with Crippen LogP contribution in [0.1, 0.15) is 12.2 Å². The van der Waals surface area contributed by atoms with E-state index in [1.165, 1.54) is 0 Å². The third-order valence-corrected chi connectivity index (χ3v) is 2.60. The lowest BCUT2D eigenvalue weighted by atomic mass is 10.2. The Morgan fingerprint density at radius 2 is 1.94 bits per heavy atom. The highest BCUT2D eigenvalue weighted by atomic mass is 35.5. The number of hydrogen-bond donors (Lipinski definition) is 1. The van der Waals surface area contributed by atoms with Crippen LogP contribution in [0.4, 0.5) is 5.69 Å². The molecule has 2 aromatic rings. The average molecular weight is 268 g/mol. The third-order valence-electron chi connectivity index (χ3n) is 2.60. The van der Waals surface area contributed by atoms with Crippen molar-refractivity contribution in [1.82, 2.24) is 0 Å². The summed E-state index contributed by atoms with van der Waals surface area (Å²) >= 11 is 0. The molecule has 2 rings (SSSR count). The van der Waals surface area contributed by atoms with Crippen LogP contribution in [-0.2, 0) is 6.42 Å². The summed E-state index contributed by atoms with van der Waals surface area (Å²) in [6.07, 6.45) is 3.74. The Bertz CT molecular complexity index is 426. The molecule has 0 fully saturated rings. The fourth-order valence-corrected chi connectivity index (χ4v) is 1.66. The molecule has 0 aliphatic heterocycles. The van der Waals surface area contributed by atoms with Crippen molar-refractivity contribution in [2.45, 2.75) is 12.8 Å². The van der Waals surface area contributed by atoms with Gasteiger partial charge in [0.1, 0.15) is 11.5 Å². The molecule has 4 heteroatoms. The Hall–Kier alpha value is -1.61. The molecule has 0 aliphatic rings. The maximum Gasteiger partial charge on any atom is 0.119 e. The molecule has 1 aromatic heterocycles. The molecule has 0 amide bonds. The van der Waals surface area contributed by atoms with Gasteiger partial charge in [-0.3, -0.25) is 0 Å². The summed E-state index contributed by atoms with van der Waals surface area (Å²) in [4.78, 5) is 0. The highest BCUT2D eigenvalue weighted by molar-refractivity contribution is 5.85. The van der Waals surface area contributed by atoms with E-state index in [4.69, 9.17) is 9.15 Å². The third kappa shape index (κ3) is 4.34. The van der Waals surface area contributed by atoms with Gasteiger partial charge in [0.15, 0.2) is 0 Å². The summed E-state index contributed by atoms with van der Waals surface area (Å²) in [6.45, 7) is 0.938. The number of furan rings is 1. The summed E-state index contributed by atoms with van der Waals surface area (Å²) in [6, 6.07) is 11.9. The van der Waals surface area contributed by atoms with E-state index in [9.17, 15) is 0 Å². The Morgan fingerprint density at radius 1 is 1.17 bits per heavy atom. The Labute approximate surface area is 114 Å². The van der Waals surface area contributed by atoms with E-state index in [1.807, 2.05) is 36.4 Å². The van der Waals surface area contributed by atoms with E-state index in [0.29, 0.717) is 0 Å². The van der Waals surface area contributed by atoms with Crippen LogP contribution in [0.5, 0.6) is 5.75 Å². The zero-order valence-electron chi connectivity index (χ0n) is 10.4. The zero-order valence-corrected chi connectivity index (χ0v) is 11.2. The fraction of sp³-hybridized carbons (Fsp3) is 0.286. The average Bonchev–Trinajstić information content (AvgIpc) is 2.88. The second kappa shape index (κ2) is 7.67. The summed E-state index contributed by atoms with van der Waals surface area (Å²) in [5.74, 6) is 1.92. The van der Waals surface area contributed by atoms with Gasteiger partial charge in [0, 0.05) is 18.7 Å². The highest BCUT2D eigenvalue weighted by Gasteiger charge is 1.96. The molecule has 3 nitrogen and oxygen atoms in total. The predicted molar refractivity (Wildman–Crippen MR) is 75.8 cm³/mol. The van der Waals surface area contributed by atoms with Crippen molar-refractivity contribution in [1.29, 1.82) is 0 Å².